The molecule has 0 spiro atoms. The number of carbonyl (C=O) groups excluding carboxylic acids is 2. The molecule has 6 nitrogen and oxygen atoms in total. The third-order valence-corrected chi connectivity index (χ3v) is 3.33. The van der Waals surface area contributed by atoms with Gasteiger partial charge in [0.25, 0.3) is 0 Å². The summed E-state index contributed by atoms with van der Waals surface area (Å²) in [5, 5.41) is 2.67. The lowest BCUT2D eigenvalue weighted by atomic mass is 10.0. The summed E-state index contributed by atoms with van der Waals surface area (Å²) in [6.45, 7) is 4.16. The van der Waals surface area contributed by atoms with Crippen LogP contribution in [0.3, 0.4) is 0 Å². The molecule has 0 fully saturated rings. The van der Waals surface area contributed by atoms with Crippen LogP contribution in [-0.2, 0) is 14.3 Å². The number of hydrogen-bond donors (Lipinski definition) is 1. The molecule has 124 valence electrons. The minimum atomic E-state index is -0.645. The minimum Gasteiger partial charge on any atom is -0.467 e. The van der Waals surface area contributed by atoms with E-state index in [9.17, 15) is 9.59 Å². The summed E-state index contributed by atoms with van der Waals surface area (Å²) in [5.74, 6) is 0.813. The van der Waals surface area contributed by atoms with Crippen molar-refractivity contribution in [3.63, 3.8) is 0 Å². The first-order chi connectivity index (χ1) is 11.0. The van der Waals surface area contributed by atoms with Gasteiger partial charge in [0.05, 0.1) is 7.11 Å². The van der Waals surface area contributed by atoms with Crippen LogP contribution in [0.5, 0.6) is 11.5 Å². The Bertz CT molecular complexity index is 609. The van der Waals surface area contributed by atoms with Gasteiger partial charge in [-0.15, -0.1) is 0 Å². The number of carbonyl (C=O) groups is 2. The molecule has 6 heteroatoms. The Labute approximate surface area is 135 Å². The maximum atomic E-state index is 12.0. The normalized spacial score (nSPS) is 14.1. The standard InChI is InChI=1S/C17H21NO5/c1-11(2)8-13(17(20)21-3)18-16(19)7-5-12-4-6-14-15(9-12)23-10-22-14/h4-7,9,11,13H,8,10H2,1-3H3,(H,18,19)/b7-5+. The van der Waals surface area contributed by atoms with E-state index in [1.54, 1.807) is 18.2 Å². The number of hydrogen-bond acceptors (Lipinski definition) is 5. The molecule has 1 aromatic rings. The zero-order chi connectivity index (χ0) is 16.8. The van der Waals surface area contributed by atoms with Crippen molar-refractivity contribution in [1.82, 2.24) is 5.32 Å². The van der Waals surface area contributed by atoms with Crippen molar-refractivity contribution >= 4 is 18.0 Å². The molecular weight excluding hydrogens is 298 g/mol. The van der Waals surface area contributed by atoms with Crippen LogP contribution >= 0.6 is 0 Å². The van der Waals surface area contributed by atoms with Gasteiger partial charge in [-0.05, 0) is 36.1 Å². The molecule has 1 aliphatic heterocycles. The quantitative estimate of drug-likeness (QED) is 0.642. The predicted molar refractivity (Wildman–Crippen MR) is 85.0 cm³/mol. The summed E-state index contributed by atoms with van der Waals surface area (Å²) >= 11 is 0. The zero-order valence-corrected chi connectivity index (χ0v) is 13.5. The van der Waals surface area contributed by atoms with E-state index in [0.29, 0.717) is 17.9 Å². The van der Waals surface area contributed by atoms with Gasteiger partial charge in [0, 0.05) is 6.08 Å². The molecular formula is C17H21NO5. The fourth-order valence-corrected chi connectivity index (χ4v) is 2.24. The summed E-state index contributed by atoms with van der Waals surface area (Å²) in [7, 11) is 1.31. The zero-order valence-electron chi connectivity index (χ0n) is 13.5. The van der Waals surface area contributed by atoms with E-state index < -0.39 is 12.0 Å². The van der Waals surface area contributed by atoms with Crippen LogP contribution in [0.4, 0.5) is 0 Å². The minimum absolute atomic E-state index is 0.207. The number of rotatable bonds is 6. The van der Waals surface area contributed by atoms with Gasteiger partial charge in [-0.1, -0.05) is 19.9 Å². The second-order valence-electron chi connectivity index (χ2n) is 5.66. The summed E-state index contributed by atoms with van der Waals surface area (Å²) in [4.78, 5) is 23.7. The van der Waals surface area contributed by atoms with Crippen molar-refractivity contribution in [3.05, 3.63) is 29.8 Å². The Morgan fingerprint density at radius 2 is 2.04 bits per heavy atom. The van der Waals surface area contributed by atoms with Gasteiger partial charge in [0.2, 0.25) is 12.7 Å². The third kappa shape index (κ3) is 4.74. The average Bonchev–Trinajstić information content (AvgIpc) is 2.98. The Balaban J connectivity index is 1.98. The fraction of sp³-hybridized carbons (Fsp3) is 0.412. The van der Waals surface area contributed by atoms with E-state index in [0.717, 1.165) is 5.56 Å². The smallest absolute Gasteiger partial charge is 0.328 e. The van der Waals surface area contributed by atoms with Crippen molar-refractivity contribution in [2.75, 3.05) is 13.9 Å². The molecule has 1 unspecified atom stereocenters. The number of nitrogens with one attached hydrogen (secondary N) is 1. The van der Waals surface area contributed by atoms with Gasteiger partial charge in [-0.3, -0.25) is 4.79 Å². The Morgan fingerprint density at radius 1 is 1.30 bits per heavy atom. The molecule has 1 aliphatic rings. The highest BCUT2D eigenvalue weighted by Gasteiger charge is 2.21. The Morgan fingerprint density at radius 3 is 2.74 bits per heavy atom. The molecule has 0 saturated carbocycles. The highest BCUT2D eigenvalue weighted by atomic mass is 16.7. The molecule has 1 atom stereocenters. The number of benzene rings is 1. The van der Waals surface area contributed by atoms with Crippen molar-refractivity contribution in [1.29, 1.82) is 0 Å². The second kappa shape index (κ2) is 7.67. The summed E-state index contributed by atoms with van der Waals surface area (Å²) in [6, 6.07) is 4.76. The topological polar surface area (TPSA) is 73.9 Å². The van der Waals surface area contributed by atoms with Gasteiger partial charge in [0.1, 0.15) is 6.04 Å². The van der Waals surface area contributed by atoms with Gasteiger partial charge < -0.3 is 19.5 Å². The first kappa shape index (κ1) is 16.9. The maximum absolute atomic E-state index is 12.0. The summed E-state index contributed by atoms with van der Waals surface area (Å²) in [5.41, 5.74) is 0.808. The molecule has 1 heterocycles. The summed E-state index contributed by atoms with van der Waals surface area (Å²) in [6.07, 6.45) is 3.56. The largest absolute Gasteiger partial charge is 0.467 e. The lowest BCUT2D eigenvalue weighted by Crippen LogP contribution is -2.41. The van der Waals surface area contributed by atoms with E-state index in [4.69, 9.17) is 14.2 Å². The molecule has 23 heavy (non-hydrogen) atoms. The van der Waals surface area contributed by atoms with Gasteiger partial charge >= 0.3 is 5.97 Å². The molecule has 0 bridgehead atoms. The SMILES string of the molecule is COC(=O)C(CC(C)C)NC(=O)/C=C/c1ccc2c(c1)OCO2. The molecule has 1 amide bonds. The molecule has 1 aromatic carbocycles. The maximum Gasteiger partial charge on any atom is 0.328 e. The second-order valence-corrected chi connectivity index (χ2v) is 5.66. The van der Waals surface area contributed by atoms with Gasteiger partial charge in [0.15, 0.2) is 11.5 Å². The van der Waals surface area contributed by atoms with E-state index in [2.05, 4.69) is 5.32 Å². The number of ether oxygens (including phenoxy) is 3. The molecule has 1 N–H and O–H groups in total. The van der Waals surface area contributed by atoms with Crippen molar-refractivity contribution in [2.45, 2.75) is 26.3 Å². The van der Waals surface area contributed by atoms with E-state index in [1.807, 2.05) is 19.9 Å². The van der Waals surface area contributed by atoms with E-state index in [-0.39, 0.29) is 18.6 Å². The molecule has 0 radical (unpaired) electrons. The molecule has 2 rings (SSSR count). The lowest BCUT2D eigenvalue weighted by molar-refractivity contribution is -0.145. The van der Waals surface area contributed by atoms with Crippen LogP contribution in [0.2, 0.25) is 0 Å². The average molecular weight is 319 g/mol. The Hall–Kier alpha value is -2.50. The van der Waals surface area contributed by atoms with Crippen LogP contribution in [0.1, 0.15) is 25.8 Å². The monoisotopic (exact) mass is 319 g/mol. The number of fused-ring (bicyclic) bond motifs is 1. The van der Waals surface area contributed by atoms with Crippen LogP contribution in [0.25, 0.3) is 6.08 Å². The number of amides is 1. The summed E-state index contributed by atoms with van der Waals surface area (Å²) < 4.78 is 15.2. The van der Waals surface area contributed by atoms with E-state index in [1.165, 1.54) is 13.2 Å². The van der Waals surface area contributed by atoms with Crippen molar-refractivity contribution < 1.29 is 23.8 Å². The molecule has 0 aliphatic carbocycles. The molecule has 0 aromatic heterocycles. The molecule has 0 saturated heterocycles. The van der Waals surface area contributed by atoms with E-state index >= 15 is 0 Å². The van der Waals surface area contributed by atoms with Crippen LogP contribution < -0.4 is 14.8 Å². The van der Waals surface area contributed by atoms with Gasteiger partial charge in [-0.2, -0.15) is 0 Å². The van der Waals surface area contributed by atoms with Crippen LogP contribution in [0, 0.1) is 5.92 Å². The highest BCUT2D eigenvalue weighted by Crippen LogP contribution is 2.32. The fourth-order valence-electron chi connectivity index (χ4n) is 2.24. The highest BCUT2D eigenvalue weighted by molar-refractivity contribution is 5.94. The number of methoxy groups -OCH3 is 1. The van der Waals surface area contributed by atoms with Crippen LogP contribution in [0.15, 0.2) is 24.3 Å². The van der Waals surface area contributed by atoms with Crippen LogP contribution in [-0.4, -0.2) is 31.8 Å². The number of esters is 1. The van der Waals surface area contributed by atoms with Crippen molar-refractivity contribution in [2.24, 2.45) is 5.92 Å². The lowest BCUT2D eigenvalue weighted by Gasteiger charge is -2.17. The third-order valence-electron chi connectivity index (χ3n) is 3.33. The Kier molecular flexibility index (Phi) is 5.62. The van der Waals surface area contributed by atoms with Crippen molar-refractivity contribution in [3.8, 4) is 11.5 Å². The predicted octanol–water partition coefficient (Wildman–Crippen LogP) is 2.13. The first-order valence-corrected chi connectivity index (χ1v) is 7.45. The first-order valence-electron chi connectivity index (χ1n) is 7.45. The van der Waals surface area contributed by atoms with Gasteiger partial charge in [-0.25, -0.2) is 4.79 Å².